The third kappa shape index (κ3) is 5.80. The summed E-state index contributed by atoms with van der Waals surface area (Å²) in [5, 5.41) is 0.273. The van der Waals surface area contributed by atoms with Crippen LogP contribution in [0.1, 0.15) is 12.5 Å². The molecule has 0 aliphatic rings. The van der Waals surface area contributed by atoms with E-state index in [1.54, 1.807) is 29.2 Å². The number of nitrogens with zero attached hydrogens (tertiary/aromatic N) is 1. The van der Waals surface area contributed by atoms with Crippen LogP contribution in [0.15, 0.2) is 24.3 Å². The fourth-order valence-corrected chi connectivity index (χ4v) is 2.41. The van der Waals surface area contributed by atoms with Crippen molar-refractivity contribution in [2.24, 2.45) is 5.73 Å². The third-order valence-electron chi connectivity index (χ3n) is 2.22. The Bertz CT molecular complexity index is 449. The molecule has 0 spiro atoms. The van der Waals surface area contributed by atoms with Gasteiger partial charge in [-0.2, -0.15) is 0 Å². The monoisotopic (exact) mass is 298 g/mol. The molecular weight excluding hydrogens is 282 g/mol. The minimum atomic E-state index is -4.02. The van der Waals surface area contributed by atoms with Crippen molar-refractivity contribution in [2.45, 2.75) is 13.1 Å². The number of benzene rings is 1. The van der Waals surface area contributed by atoms with E-state index in [-0.39, 0.29) is 40.8 Å². The van der Waals surface area contributed by atoms with Gasteiger partial charge < -0.3 is 20.4 Å². The van der Waals surface area contributed by atoms with Crippen LogP contribution in [0.3, 0.4) is 0 Å². The van der Waals surface area contributed by atoms with Crippen molar-refractivity contribution >= 4 is 60.2 Å². The fourth-order valence-electron chi connectivity index (χ4n) is 1.48. The standard InChI is InChI=1S/C10H15N2O3PS.Na.H/c1-2-12(10(11)17)9-5-3-8(4-6-9)7-16(13,14)15;;/h3-6H,2,7H2,1H3,(H2,11,17)(H2,13,14,15);;. The Morgan fingerprint density at radius 1 is 1.39 bits per heavy atom. The summed E-state index contributed by atoms with van der Waals surface area (Å²) >= 11 is 4.90. The van der Waals surface area contributed by atoms with Crippen LogP contribution in [0.2, 0.25) is 0 Å². The van der Waals surface area contributed by atoms with E-state index < -0.39 is 7.60 Å². The number of anilines is 1. The van der Waals surface area contributed by atoms with Crippen molar-refractivity contribution in [3.8, 4) is 0 Å². The van der Waals surface area contributed by atoms with Gasteiger partial charge in [0.2, 0.25) is 0 Å². The summed E-state index contributed by atoms with van der Waals surface area (Å²) in [6.07, 6.45) is -0.257. The predicted molar refractivity (Wildman–Crippen MR) is 79.1 cm³/mol. The molecule has 4 N–H and O–H groups in total. The van der Waals surface area contributed by atoms with Gasteiger partial charge in [0.1, 0.15) is 0 Å². The minimum absolute atomic E-state index is 0. The first-order valence-electron chi connectivity index (χ1n) is 5.04. The van der Waals surface area contributed by atoms with E-state index in [4.69, 9.17) is 27.7 Å². The molecule has 0 aliphatic heterocycles. The summed E-state index contributed by atoms with van der Waals surface area (Å²) in [6.45, 7) is 2.57. The zero-order chi connectivity index (χ0) is 13.1. The van der Waals surface area contributed by atoms with Gasteiger partial charge in [-0.15, -0.1) is 0 Å². The summed E-state index contributed by atoms with van der Waals surface area (Å²) in [5.41, 5.74) is 6.95. The van der Waals surface area contributed by atoms with Crippen LogP contribution >= 0.6 is 19.8 Å². The second-order valence-electron chi connectivity index (χ2n) is 3.57. The van der Waals surface area contributed by atoms with Crippen LogP contribution in [-0.2, 0) is 10.7 Å². The van der Waals surface area contributed by atoms with Gasteiger partial charge >= 0.3 is 37.2 Å². The van der Waals surface area contributed by atoms with Crippen LogP contribution in [0.25, 0.3) is 0 Å². The van der Waals surface area contributed by atoms with Crippen LogP contribution in [0, 0.1) is 0 Å². The molecule has 8 heteroatoms. The quantitative estimate of drug-likeness (QED) is 0.433. The summed E-state index contributed by atoms with van der Waals surface area (Å²) in [4.78, 5) is 19.4. The molecule has 0 radical (unpaired) electrons. The first kappa shape index (κ1) is 18.1. The number of hydrogen-bond donors (Lipinski definition) is 3. The second kappa shape index (κ2) is 7.60. The van der Waals surface area contributed by atoms with Crippen molar-refractivity contribution in [3.63, 3.8) is 0 Å². The van der Waals surface area contributed by atoms with Crippen molar-refractivity contribution in [1.82, 2.24) is 0 Å². The van der Waals surface area contributed by atoms with Gasteiger partial charge in [0.05, 0.1) is 6.16 Å². The molecule has 0 atom stereocenters. The van der Waals surface area contributed by atoms with Crippen LogP contribution in [-0.4, -0.2) is 51.0 Å². The summed E-state index contributed by atoms with van der Waals surface area (Å²) < 4.78 is 10.8. The van der Waals surface area contributed by atoms with Gasteiger partial charge in [-0.05, 0) is 36.8 Å². The first-order valence-corrected chi connectivity index (χ1v) is 7.24. The normalized spacial score (nSPS) is 10.6. The molecule has 96 valence electrons. The van der Waals surface area contributed by atoms with Crippen LogP contribution in [0.5, 0.6) is 0 Å². The van der Waals surface area contributed by atoms with Crippen molar-refractivity contribution in [2.75, 3.05) is 11.4 Å². The summed E-state index contributed by atoms with van der Waals surface area (Å²) in [5.74, 6) is 0. The summed E-state index contributed by atoms with van der Waals surface area (Å²) in [7, 11) is -4.02. The zero-order valence-corrected chi connectivity index (χ0v) is 11.1. The number of nitrogens with two attached hydrogens (primary N) is 1. The predicted octanol–water partition coefficient (Wildman–Crippen LogP) is 0.786. The fraction of sp³-hybridized carbons (Fsp3) is 0.300. The second-order valence-corrected chi connectivity index (χ2v) is 5.64. The first-order chi connectivity index (χ1) is 7.83. The molecule has 18 heavy (non-hydrogen) atoms. The Hall–Kier alpha value is 0.0600. The van der Waals surface area contributed by atoms with E-state index in [1.165, 1.54) is 0 Å². The molecule has 0 heterocycles. The van der Waals surface area contributed by atoms with E-state index >= 15 is 0 Å². The van der Waals surface area contributed by atoms with E-state index in [0.29, 0.717) is 12.1 Å². The zero-order valence-electron chi connectivity index (χ0n) is 9.41. The van der Waals surface area contributed by atoms with Gasteiger partial charge in [-0.25, -0.2) is 0 Å². The van der Waals surface area contributed by atoms with Gasteiger partial charge in [0, 0.05) is 12.2 Å². The topological polar surface area (TPSA) is 86.8 Å². The van der Waals surface area contributed by atoms with Crippen molar-refractivity contribution in [1.29, 1.82) is 0 Å². The molecule has 1 aromatic carbocycles. The Balaban J connectivity index is 0.00000289. The Morgan fingerprint density at radius 3 is 2.22 bits per heavy atom. The van der Waals surface area contributed by atoms with E-state index in [1.807, 2.05) is 6.92 Å². The van der Waals surface area contributed by atoms with Gasteiger partial charge in [0.25, 0.3) is 0 Å². The molecule has 0 fully saturated rings. The average molecular weight is 298 g/mol. The number of thiocarbonyl (C=S) groups is 1. The van der Waals surface area contributed by atoms with Gasteiger partial charge in [-0.1, -0.05) is 12.1 Å². The molecule has 0 aliphatic carbocycles. The molecule has 0 unspecified atom stereocenters. The van der Waals surface area contributed by atoms with Crippen molar-refractivity contribution < 1.29 is 14.4 Å². The van der Waals surface area contributed by atoms with E-state index in [9.17, 15) is 4.57 Å². The molecule has 1 aromatic rings. The molecule has 5 nitrogen and oxygen atoms in total. The molecule has 0 aromatic heterocycles. The van der Waals surface area contributed by atoms with Crippen LogP contribution in [0.4, 0.5) is 5.69 Å². The molecular formula is C10H16N2NaO3PS. The molecule has 0 saturated heterocycles. The Labute approximate surface area is 134 Å². The van der Waals surface area contributed by atoms with Crippen molar-refractivity contribution in [3.05, 3.63) is 29.8 Å². The molecule has 0 amide bonds. The van der Waals surface area contributed by atoms with Gasteiger partial charge in [-0.3, -0.25) is 4.57 Å². The average Bonchev–Trinajstić information content (AvgIpc) is 2.18. The maximum absolute atomic E-state index is 10.8. The van der Waals surface area contributed by atoms with Crippen LogP contribution < -0.4 is 10.6 Å². The third-order valence-corrected chi connectivity index (χ3v) is 3.22. The Morgan fingerprint density at radius 2 is 1.89 bits per heavy atom. The van der Waals surface area contributed by atoms with E-state index in [2.05, 4.69) is 0 Å². The SMILES string of the molecule is CCN(C(N)=S)c1ccc(CP(=O)(O)O)cc1.[NaH]. The number of rotatable bonds is 4. The number of hydrogen-bond acceptors (Lipinski definition) is 2. The maximum atomic E-state index is 10.8. The van der Waals surface area contributed by atoms with Gasteiger partial charge in [0.15, 0.2) is 5.11 Å². The summed E-state index contributed by atoms with van der Waals surface area (Å²) in [6, 6.07) is 6.81. The Kier molecular flexibility index (Phi) is 7.63. The molecule has 1 rings (SSSR count). The molecule has 0 saturated carbocycles. The molecule has 0 bridgehead atoms. The van der Waals surface area contributed by atoms with E-state index in [0.717, 1.165) is 5.69 Å².